The molecule has 0 saturated heterocycles. The SMILES string of the molecule is O=C(C[n+]1ccncc1C(=O)C[N+](=O)[O-])c1ccccc1. The fourth-order valence-electron chi connectivity index (χ4n) is 1.83. The Morgan fingerprint density at radius 1 is 1.19 bits per heavy atom. The number of rotatable bonds is 6. The van der Waals surface area contributed by atoms with E-state index in [1.54, 1.807) is 30.3 Å². The molecule has 0 radical (unpaired) electrons. The third kappa shape index (κ3) is 3.75. The highest BCUT2D eigenvalue weighted by molar-refractivity contribution is 5.96. The predicted octanol–water partition coefficient (Wildman–Crippen LogP) is 0.711. The first-order valence-corrected chi connectivity index (χ1v) is 6.14. The molecule has 0 bridgehead atoms. The number of nitrogens with zero attached hydrogens (tertiary/aromatic N) is 3. The number of hydrogen-bond acceptors (Lipinski definition) is 5. The monoisotopic (exact) mass is 286 g/mol. The Morgan fingerprint density at radius 2 is 1.90 bits per heavy atom. The molecule has 0 amide bonds. The molecule has 1 aromatic carbocycles. The fourth-order valence-corrected chi connectivity index (χ4v) is 1.83. The maximum absolute atomic E-state index is 12.1. The molecule has 0 N–H and O–H groups in total. The molecule has 1 aromatic heterocycles. The van der Waals surface area contributed by atoms with Gasteiger partial charge in [-0.15, -0.1) is 0 Å². The molecule has 0 aliphatic carbocycles. The summed E-state index contributed by atoms with van der Waals surface area (Å²) in [6.07, 6.45) is 4.10. The van der Waals surface area contributed by atoms with Gasteiger partial charge in [-0.1, -0.05) is 30.3 Å². The van der Waals surface area contributed by atoms with Gasteiger partial charge in [-0.3, -0.25) is 24.7 Å². The van der Waals surface area contributed by atoms with Gasteiger partial charge in [-0.05, 0) is 0 Å². The largest absolute Gasteiger partial charge is 0.298 e. The third-order valence-electron chi connectivity index (χ3n) is 2.81. The van der Waals surface area contributed by atoms with Crippen molar-refractivity contribution < 1.29 is 19.1 Å². The minimum Gasteiger partial charge on any atom is -0.287 e. The number of hydrogen-bond donors (Lipinski definition) is 0. The van der Waals surface area contributed by atoms with E-state index < -0.39 is 17.3 Å². The maximum atomic E-state index is 12.1. The zero-order valence-electron chi connectivity index (χ0n) is 11.0. The zero-order chi connectivity index (χ0) is 15.2. The standard InChI is InChI=1S/C14H12N3O4/c18-13(11-4-2-1-3-5-11)9-16-7-6-15-8-12(16)14(19)10-17(20)21/h1-8H,9-10H2/q+1. The topological polar surface area (TPSA) is 94.1 Å². The van der Waals surface area contributed by atoms with E-state index in [4.69, 9.17) is 0 Å². The lowest BCUT2D eigenvalue weighted by molar-refractivity contribution is -0.685. The third-order valence-corrected chi connectivity index (χ3v) is 2.81. The van der Waals surface area contributed by atoms with E-state index in [-0.39, 0.29) is 18.0 Å². The van der Waals surface area contributed by atoms with Crippen LogP contribution in [0.4, 0.5) is 0 Å². The van der Waals surface area contributed by atoms with Crippen LogP contribution >= 0.6 is 0 Å². The molecule has 21 heavy (non-hydrogen) atoms. The number of ketones is 2. The quantitative estimate of drug-likeness (QED) is 0.337. The highest BCUT2D eigenvalue weighted by Crippen LogP contribution is 2.01. The van der Waals surface area contributed by atoms with E-state index in [0.29, 0.717) is 5.56 Å². The molecule has 106 valence electrons. The fraction of sp³-hybridized carbons (Fsp3) is 0.143. The summed E-state index contributed by atoms with van der Waals surface area (Å²) in [5, 5.41) is 10.4. The Balaban J connectivity index is 2.23. The molecule has 0 unspecified atom stereocenters. The summed E-state index contributed by atoms with van der Waals surface area (Å²) >= 11 is 0. The van der Waals surface area contributed by atoms with E-state index in [1.165, 1.54) is 23.2 Å². The van der Waals surface area contributed by atoms with Gasteiger partial charge in [0.15, 0.2) is 6.20 Å². The molecule has 0 saturated carbocycles. The molecule has 7 nitrogen and oxygen atoms in total. The van der Waals surface area contributed by atoms with Crippen LogP contribution in [-0.2, 0) is 6.54 Å². The molecule has 1 heterocycles. The number of Topliss-reactive ketones (excluding diaryl/α,β-unsaturated/α-hetero) is 2. The Bertz CT molecular complexity index is 686. The van der Waals surface area contributed by atoms with Gasteiger partial charge < -0.3 is 0 Å². The molecule has 7 heteroatoms. The van der Waals surface area contributed by atoms with Crippen molar-refractivity contribution >= 4 is 11.6 Å². The van der Waals surface area contributed by atoms with Gasteiger partial charge in [0, 0.05) is 10.5 Å². The van der Waals surface area contributed by atoms with Crippen molar-refractivity contribution in [2.45, 2.75) is 6.54 Å². The highest BCUT2D eigenvalue weighted by atomic mass is 16.6. The van der Waals surface area contributed by atoms with Crippen molar-refractivity contribution in [1.82, 2.24) is 4.98 Å². The second-order valence-electron chi connectivity index (χ2n) is 4.29. The summed E-state index contributed by atoms with van der Waals surface area (Å²) in [5.41, 5.74) is 0.549. The van der Waals surface area contributed by atoms with Gasteiger partial charge >= 0.3 is 0 Å². The van der Waals surface area contributed by atoms with Crippen LogP contribution in [0.2, 0.25) is 0 Å². The van der Waals surface area contributed by atoms with Crippen molar-refractivity contribution in [2.24, 2.45) is 0 Å². The smallest absolute Gasteiger partial charge is 0.287 e. The summed E-state index contributed by atoms with van der Waals surface area (Å²) in [5.74, 6) is -0.879. The lowest BCUT2D eigenvalue weighted by atomic mass is 10.1. The van der Waals surface area contributed by atoms with Crippen molar-refractivity contribution in [3.63, 3.8) is 0 Å². The van der Waals surface area contributed by atoms with Crippen LogP contribution in [0, 0.1) is 10.1 Å². The van der Waals surface area contributed by atoms with Crippen molar-refractivity contribution in [1.29, 1.82) is 0 Å². The molecule has 0 spiro atoms. The second-order valence-corrected chi connectivity index (χ2v) is 4.29. The van der Waals surface area contributed by atoms with Crippen LogP contribution in [0.15, 0.2) is 48.9 Å². The van der Waals surface area contributed by atoms with Crippen molar-refractivity contribution in [2.75, 3.05) is 6.54 Å². The predicted molar refractivity (Wildman–Crippen MR) is 71.4 cm³/mol. The highest BCUT2D eigenvalue weighted by Gasteiger charge is 2.25. The Labute approximate surface area is 120 Å². The molecule has 0 fully saturated rings. The van der Waals surface area contributed by atoms with Crippen molar-refractivity contribution in [3.8, 4) is 0 Å². The maximum Gasteiger partial charge on any atom is 0.298 e. The second kappa shape index (κ2) is 6.47. The number of carbonyl (C=O) groups is 2. The van der Waals surface area contributed by atoms with Gasteiger partial charge in [0.2, 0.25) is 12.3 Å². The molecule has 2 aromatic rings. The normalized spacial score (nSPS) is 10.1. The van der Waals surface area contributed by atoms with Crippen LogP contribution < -0.4 is 4.57 Å². The summed E-state index contributed by atoms with van der Waals surface area (Å²) in [6, 6.07) is 8.61. The van der Waals surface area contributed by atoms with Gasteiger partial charge in [0.05, 0.1) is 6.20 Å². The molecule has 0 aliphatic heterocycles. The number of carbonyl (C=O) groups excluding carboxylic acids is 2. The first kappa shape index (κ1) is 14.4. The Hall–Kier alpha value is -2.96. The van der Waals surface area contributed by atoms with Gasteiger partial charge in [-0.2, -0.15) is 4.57 Å². The van der Waals surface area contributed by atoms with Gasteiger partial charge in [0.1, 0.15) is 6.20 Å². The van der Waals surface area contributed by atoms with Gasteiger partial charge in [0.25, 0.3) is 18.0 Å². The minimum absolute atomic E-state index is 0.0403. The minimum atomic E-state index is -0.828. The van der Waals surface area contributed by atoms with Crippen LogP contribution in [-0.4, -0.2) is 28.0 Å². The first-order valence-electron chi connectivity index (χ1n) is 6.14. The summed E-state index contributed by atoms with van der Waals surface area (Å²) in [7, 11) is 0. The van der Waals surface area contributed by atoms with Crippen molar-refractivity contribution in [3.05, 3.63) is 70.3 Å². The Morgan fingerprint density at radius 3 is 2.57 bits per heavy atom. The van der Waals surface area contributed by atoms with Crippen LogP contribution in [0.3, 0.4) is 0 Å². The van der Waals surface area contributed by atoms with E-state index in [1.807, 2.05) is 0 Å². The van der Waals surface area contributed by atoms with E-state index in [2.05, 4.69) is 4.98 Å². The summed E-state index contributed by atoms with van der Waals surface area (Å²) < 4.78 is 1.37. The number of aromatic nitrogens is 2. The molecule has 0 aliphatic rings. The molecular weight excluding hydrogens is 274 g/mol. The Kier molecular flexibility index (Phi) is 4.45. The van der Waals surface area contributed by atoms with Crippen LogP contribution in [0.5, 0.6) is 0 Å². The lowest BCUT2D eigenvalue weighted by Crippen LogP contribution is -2.44. The molecule has 2 rings (SSSR count). The van der Waals surface area contributed by atoms with Crippen LogP contribution in [0.1, 0.15) is 20.8 Å². The summed E-state index contributed by atoms with van der Waals surface area (Å²) in [6.45, 7) is -0.906. The van der Waals surface area contributed by atoms with E-state index >= 15 is 0 Å². The molecule has 0 atom stereocenters. The average molecular weight is 286 g/mol. The zero-order valence-corrected chi connectivity index (χ0v) is 11.0. The van der Waals surface area contributed by atoms with E-state index in [9.17, 15) is 19.7 Å². The average Bonchev–Trinajstić information content (AvgIpc) is 2.48. The van der Waals surface area contributed by atoms with Crippen LogP contribution in [0.25, 0.3) is 0 Å². The van der Waals surface area contributed by atoms with E-state index in [0.717, 1.165) is 0 Å². The molecular formula is C14H12N3O4+. The lowest BCUT2D eigenvalue weighted by Gasteiger charge is -2.01. The first-order chi connectivity index (χ1) is 10.1. The van der Waals surface area contributed by atoms with Gasteiger partial charge in [-0.25, -0.2) is 0 Å². The number of benzene rings is 1. The summed E-state index contributed by atoms with van der Waals surface area (Å²) in [4.78, 5) is 37.4. The number of nitro groups is 1.